The Labute approximate surface area is 212 Å². The summed E-state index contributed by atoms with van der Waals surface area (Å²) in [5, 5.41) is 13.8. The molecule has 2 unspecified atom stereocenters. The van der Waals surface area contributed by atoms with Crippen LogP contribution in [0, 0.1) is 11.7 Å². The van der Waals surface area contributed by atoms with Crippen LogP contribution in [0.2, 0.25) is 0 Å². The fourth-order valence-corrected chi connectivity index (χ4v) is 6.73. The Hall–Kier alpha value is -2.64. The lowest BCUT2D eigenvalue weighted by molar-refractivity contribution is -0.00934. The number of carbonyl (C=O) groups is 1. The van der Waals surface area contributed by atoms with Crippen LogP contribution in [0.15, 0.2) is 48.5 Å². The van der Waals surface area contributed by atoms with E-state index < -0.39 is 6.09 Å². The lowest BCUT2D eigenvalue weighted by atomic mass is 9.82. The number of benzene rings is 2. The summed E-state index contributed by atoms with van der Waals surface area (Å²) in [4.78, 5) is 14.0. The van der Waals surface area contributed by atoms with E-state index in [-0.39, 0.29) is 30.0 Å². The van der Waals surface area contributed by atoms with Gasteiger partial charge in [-0.05, 0) is 85.8 Å². The van der Waals surface area contributed by atoms with Crippen LogP contribution in [-0.2, 0) is 11.3 Å². The van der Waals surface area contributed by atoms with Gasteiger partial charge < -0.3 is 19.9 Å². The maximum Gasteiger partial charge on any atom is 0.407 e. The molecular weight excluding hydrogens is 459 g/mol. The second kappa shape index (κ2) is 11.2. The van der Waals surface area contributed by atoms with Crippen molar-refractivity contribution in [1.82, 2.24) is 10.2 Å². The van der Waals surface area contributed by atoms with Crippen LogP contribution in [0.25, 0.3) is 0 Å². The minimum Gasteiger partial charge on any atom is -0.497 e. The summed E-state index contributed by atoms with van der Waals surface area (Å²) < 4.78 is 25.3. The molecule has 1 saturated heterocycles. The first kappa shape index (κ1) is 25.0. The number of rotatable bonds is 8. The maximum absolute atomic E-state index is 13.6. The molecule has 1 amide bonds. The zero-order valence-corrected chi connectivity index (χ0v) is 20.9. The molecule has 7 heteroatoms. The second-order valence-corrected chi connectivity index (χ2v) is 10.5. The van der Waals surface area contributed by atoms with Crippen molar-refractivity contribution in [3.8, 4) is 5.75 Å². The topological polar surface area (TPSA) is 71.0 Å². The van der Waals surface area contributed by atoms with Gasteiger partial charge in [0.2, 0.25) is 0 Å². The van der Waals surface area contributed by atoms with Gasteiger partial charge in [-0.3, -0.25) is 4.90 Å². The highest BCUT2D eigenvalue weighted by atomic mass is 19.1. The van der Waals surface area contributed by atoms with Crippen molar-refractivity contribution in [1.29, 1.82) is 0 Å². The number of ether oxygens (including phenoxy) is 2. The third kappa shape index (κ3) is 5.37. The van der Waals surface area contributed by atoms with E-state index in [2.05, 4.69) is 5.32 Å². The van der Waals surface area contributed by atoms with Crippen molar-refractivity contribution in [3.05, 3.63) is 65.5 Å². The Morgan fingerprint density at radius 3 is 2.56 bits per heavy atom. The minimum absolute atomic E-state index is 0.0631. The Balaban J connectivity index is 1.21. The molecule has 0 aromatic heterocycles. The predicted molar refractivity (Wildman–Crippen MR) is 136 cm³/mol. The molecule has 5 rings (SSSR count). The highest BCUT2D eigenvalue weighted by Gasteiger charge is 2.52. The second-order valence-electron chi connectivity index (χ2n) is 10.5. The number of hydrogen-bond donors (Lipinski definition) is 2. The minimum atomic E-state index is -0.843. The van der Waals surface area contributed by atoms with Crippen molar-refractivity contribution in [2.75, 3.05) is 13.7 Å². The Morgan fingerprint density at radius 2 is 1.86 bits per heavy atom. The Bertz CT molecular complexity index is 1020. The molecule has 0 spiro atoms. The van der Waals surface area contributed by atoms with Gasteiger partial charge in [0.25, 0.3) is 0 Å². The number of hydrogen-bond acceptors (Lipinski definition) is 4. The summed E-state index contributed by atoms with van der Waals surface area (Å²) in [7, 11) is 1.66. The van der Waals surface area contributed by atoms with Gasteiger partial charge >= 0.3 is 6.09 Å². The molecule has 2 saturated carbocycles. The van der Waals surface area contributed by atoms with Crippen LogP contribution in [0.1, 0.15) is 62.0 Å². The number of carboxylic acid groups (broad SMARTS) is 1. The van der Waals surface area contributed by atoms with Gasteiger partial charge in [0, 0.05) is 18.6 Å². The molecule has 3 aliphatic rings. The van der Waals surface area contributed by atoms with E-state index in [4.69, 9.17) is 9.47 Å². The quantitative estimate of drug-likeness (QED) is 0.500. The van der Waals surface area contributed by atoms with E-state index >= 15 is 0 Å². The molecule has 2 aromatic rings. The monoisotopic (exact) mass is 496 g/mol. The molecule has 0 radical (unpaired) electrons. The number of amides is 1. The van der Waals surface area contributed by atoms with E-state index in [0.717, 1.165) is 61.8 Å². The summed E-state index contributed by atoms with van der Waals surface area (Å²) in [6.45, 7) is 1.09. The fourth-order valence-electron chi connectivity index (χ4n) is 6.73. The predicted octanol–water partition coefficient (Wildman–Crippen LogP) is 5.57. The summed E-state index contributed by atoms with van der Waals surface area (Å²) in [6.07, 6.45) is 6.07. The molecule has 4 atom stereocenters. The fraction of sp³-hybridized carbons (Fsp3) is 0.552. The van der Waals surface area contributed by atoms with Crippen LogP contribution in [0.5, 0.6) is 5.75 Å². The first-order valence-electron chi connectivity index (χ1n) is 13.3. The first-order chi connectivity index (χ1) is 17.5. The van der Waals surface area contributed by atoms with Gasteiger partial charge in [-0.1, -0.05) is 30.7 Å². The number of likely N-dealkylation sites (tertiary alicyclic amines) is 1. The van der Waals surface area contributed by atoms with Crippen molar-refractivity contribution in [3.63, 3.8) is 0 Å². The molecule has 2 aromatic carbocycles. The van der Waals surface area contributed by atoms with Crippen molar-refractivity contribution in [2.45, 2.75) is 81.6 Å². The molecule has 1 heterocycles. The molecule has 194 valence electrons. The van der Waals surface area contributed by atoms with E-state index in [1.165, 1.54) is 6.07 Å². The smallest absolute Gasteiger partial charge is 0.407 e. The number of fused-ring (bicyclic) bond motifs is 1. The molecule has 2 N–H and O–H groups in total. The van der Waals surface area contributed by atoms with E-state index in [1.807, 2.05) is 30.3 Å². The summed E-state index contributed by atoms with van der Waals surface area (Å²) >= 11 is 0. The maximum atomic E-state index is 13.6. The normalized spacial score (nSPS) is 29.8. The van der Waals surface area contributed by atoms with E-state index in [9.17, 15) is 14.3 Å². The summed E-state index contributed by atoms with van der Waals surface area (Å²) in [5.74, 6) is 1.32. The van der Waals surface area contributed by atoms with Crippen LogP contribution < -0.4 is 10.1 Å². The SMILES string of the molecule is COc1ccc(CNC2C(COC3CCC(c4cccc(F)c4)CC3)N(C(=O)O)[C@@H]3CCC[C@H]23)cc1. The molecule has 0 bridgehead atoms. The lowest BCUT2D eigenvalue weighted by Gasteiger charge is -2.33. The lowest BCUT2D eigenvalue weighted by Crippen LogP contribution is -2.49. The largest absolute Gasteiger partial charge is 0.497 e. The van der Waals surface area contributed by atoms with Gasteiger partial charge in [0.15, 0.2) is 0 Å². The van der Waals surface area contributed by atoms with Crippen LogP contribution in [-0.4, -0.2) is 54.0 Å². The molecule has 36 heavy (non-hydrogen) atoms. The number of methoxy groups -OCH3 is 1. The zero-order valence-electron chi connectivity index (χ0n) is 20.9. The van der Waals surface area contributed by atoms with Crippen molar-refractivity contribution >= 4 is 6.09 Å². The third-order valence-corrected chi connectivity index (χ3v) is 8.54. The molecule has 6 nitrogen and oxygen atoms in total. The first-order valence-corrected chi connectivity index (χ1v) is 13.3. The molecule has 3 fully saturated rings. The average Bonchev–Trinajstić information content (AvgIpc) is 3.47. The van der Waals surface area contributed by atoms with Crippen LogP contribution in [0.3, 0.4) is 0 Å². The van der Waals surface area contributed by atoms with Gasteiger partial charge in [-0.25, -0.2) is 9.18 Å². The standard InChI is InChI=1S/C29H37FN2O4/c1-35-23-12-8-19(9-13-23)17-31-28-25-6-3-7-26(25)32(29(33)34)27(28)18-36-24-14-10-20(11-15-24)21-4-2-5-22(30)16-21/h2,4-5,8-9,12-13,16,20,24-28,31H,3,6-7,10-11,14-15,17-18H2,1H3,(H,33,34)/t20?,24?,25-,26+,27?,28?/m0/s1. The Morgan fingerprint density at radius 1 is 1.08 bits per heavy atom. The van der Waals surface area contributed by atoms with Gasteiger partial charge in [0.05, 0.1) is 25.9 Å². The van der Waals surface area contributed by atoms with Gasteiger partial charge in [-0.15, -0.1) is 0 Å². The van der Waals surface area contributed by atoms with E-state index in [0.29, 0.717) is 25.0 Å². The molecule has 1 aliphatic heterocycles. The summed E-state index contributed by atoms with van der Waals surface area (Å²) in [6, 6.07) is 14.9. The van der Waals surface area contributed by atoms with E-state index in [1.54, 1.807) is 24.1 Å². The van der Waals surface area contributed by atoms with Crippen molar-refractivity contribution < 1.29 is 23.8 Å². The zero-order chi connectivity index (χ0) is 25.1. The third-order valence-electron chi connectivity index (χ3n) is 8.54. The highest BCUT2D eigenvalue weighted by molar-refractivity contribution is 5.67. The van der Waals surface area contributed by atoms with Crippen LogP contribution >= 0.6 is 0 Å². The van der Waals surface area contributed by atoms with Crippen molar-refractivity contribution in [2.24, 2.45) is 5.92 Å². The van der Waals surface area contributed by atoms with Crippen LogP contribution in [0.4, 0.5) is 9.18 Å². The average molecular weight is 497 g/mol. The summed E-state index contributed by atoms with van der Waals surface area (Å²) in [5.41, 5.74) is 2.21. The molecular formula is C29H37FN2O4. The van der Waals surface area contributed by atoms with Gasteiger partial charge in [-0.2, -0.15) is 0 Å². The highest BCUT2D eigenvalue weighted by Crippen LogP contribution is 2.42. The Kier molecular flexibility index (Phi) is 7.77. The number of halogens is 1. The van der Waals surface area contributed by atoms with Gasteiger partial charge in [0.1, 0.15) is 11.6 Å². The number of nitrogens with one attached hydrogen (secondary N) is 1. The number of nitrogens with zero attached hydrogens (tertiary/aromatic N) is 1. The molecule has 2 aliphatic carbocycles.